The molecule has 0 radical (unpaired) electrons. The highest BCUT2D eigenvalue weighted by atomic mass is 19.4. The quantitative estimate of drug-likeness (QED) is 0.761. The molecular weight excluding hydrogens is 343 g/mol. The van der Waals surface area contributed by atoms with Gasteiger partial charge in [-0.2, -0.15) is 39.5 Å². The lowest BCUT2D eigenvalue weighted by molar-refractivity contribution is -0.449. The summed E-state index contributed by atoms with van der Waals surface area (Å²) in [5.41, 5.74) is -6.94. The van der Waals surface area contributed by atoms with Crippen LogP contribution in [0.15, 0.2) is 24.3 Å². The van der Waals surface area contributed by atoms with Crippen LogP contribution in [-0.2, 0) is 6.42 Å². The number of alkyl halides is 9. The third-order valence-electron chi connectivity index (χ3n) is 3.46. The molecule has 0 aliphatic rings. The Balaban J connectivity index is 3.62. The first-order valence-electron chi connectivity index (χ1n) is 6.17. The van der Waals surface area contributed by atoms with E-state index in [1.165, 1.54) is 0 Å². The van der Waals surface area contributed by atoms with E-state index < -0.39 is 35.6 Å². The number of aliphatic hydroxyl groups excluding tert-OH is 1. The van der Waals surface area contributed by atoms with Crippen LogP contribution in [0.2, 0.25) is 0 Å². The lowest BCUT2D eigenvalue weighted by Crippen LogP contribution is -2.62. The molecule has 0 heterocycles. The molecule has 0 aromatic heterocycles. The van der Waals surface area contributed by atoms with Crippen molar-refractivity contribution in [2.24, 2.45) is 5.41 Å². The fraction of sp³-hybridized carbons (Fsp3) is 0.538. The van der Waals surface area contributed by atoms with Crippen molar-refractivity contribution in [3.63, 3.8) is 0 Å². The van der Waals surface area contributed by atoms with Gasteiger partial charge in [-0.15, -0.1) is 0 Å². The minimum atomic E-state index is -6.80. The van der Waals surface area contributed by atoms with Crippen molar-refractivity contribution in [1.82, 2.24) is 0 Å². The van der Waals surface area contributed by atoms with E-state index in [-0.39, 0.29) is 0 Å². The van der Waals surface area contributed by atoms with Gasteiger partial charge in [0.05, 0.1) is 0 Å². The van der Waals surface area contributed by atoms with E-state index in [0.717, 1.165) is 12.1 Å². The third kappa shape index (κ3) is 3.13. The van der Waals surface area contributed by atoms with E-state index in [9.17, 15) is 44.6 Å². The molecule has 0 amide bonds. The van der Waals surface area contributed by atoms with Crippen LogP contribution < -0.4 is 0 Å². The van der Waals surface area contributed by atoms with Crippen molar-refractivity contribution in [2.45, 2.75) is 38.0 Å². The Morgan fingerprint density at radius 1 is 0.783 bits per heavy atom. The molecule has 0 spiro atoms. The lowest BCUT2D eigenvalue weighted by Gasteiger charge is -2.41. The summed E-state index contributed by atoms with van der Waals surface area (Å²) in [7, 11) is 0. The van der Waals surface area contributed by atoms with Crippen molar-refractivity contribution in [1.29, 1.82) is 0 Å². The Hall–Kier alpha value is -1.45. The van der Waals surface area contributed by atoms with Crippen molar-refractivity contribution >= 4 is 0 Å². The fourth-order valence-electron chi connectivity index (χ4n) is 2.13. The van der Waals surface area contributed by atoms with E-state index in [1.807, 2.05) is 0 Å². The Bertz CT molecular complexity index is 488. The van der Waals surface area contributed by atoms with E-state index in [0.29, 0.717) is 24.1 Å². The van der Waals surface area contributed by atoms with Crippen LogP contribution in [0.4, 0.5) is 39.5 Å². The maximum atomic E-state index is 12.8. The van der Waals surface area contributed by atoms with E-state index in [1.54, 1.807) is 6.92 Å². The SMILES string of the molecule is CCc1ccc(C(O)C(C(F)(F)F)(C(F)(F)F)C(F)(F)F)cc1. The topological polar surface area (TPSA) is 20.2 Å². The highest BCUT2D eigenvalue weighted by molar-refractivity contribution is 5.27. The molecule has 1 N–H and O–H groups in total. The summed E-state index contributed by atoms with van der Waals surface area (Å²) < 4.78 is 116. The summed E-state index contributed by atoms with van der Waals surface area (Å²) in [6, 6.07) is 3.32. The zero-order valence-corrected chi connectivity index (χ0v) is 11.4. The second-order valence-corrected chi connectivity index (χ2v) is 4.80. The summed E-state index contributed by atoms with van der Waals surface area (Å²) >= 11 is 0. The predicted octanol–water partition coefficient (Wildman–Crippen LogP) is 4.96. The first-order valence-corrected chi connectivity index (χ1v) is 6.17. The molecule has 1 atom stereocenters. The van der Waals surface area contributed by atoms with Gasteiger partial charge in [0, 0.05) is 0 Å². The van der Waals surface area contributed by atoms with Crippen LogP contribution in [0.3, 0.4) is 0 Å². The van der Waals surface area contributed by atoms with Crippen LogP contribution in [0, 0.1) is 5.41 Å². The first-order chi connectivity index (χ1) is 10.2. The van der Waals surface area contributed by atoms with E-state index >= 15 is 0 Å². The zero-order chi connectivity index (χ0) is 18.3. The molecule has 132 valence electrons. The third-order valence-corrected chi connectivity index (χ3v) is 3.46. The van der Waals surface area contributed by atoms with Gasteiger partial charge in [0.25, 0.3) is 5.41 Å². The van der Waals surface area contributed by atoms with E-state index in [2.05, 4.69) is 0 Å². The maximum absolute atomic E-state index is 12.8. The van der Waals surface area contributed by atoms with Gasteiger partial charge in [0.15, 0.2) is 0 Å². The number of aryl methyl sites for hydroxylation is 1. The smallest absolute Gasteiger partial charge is 0.387 e. The molecule has 0 saturated carbocycles. The standard InChI is InChI=1S/C13H11F9O/c1-2-7-3-5-8(6-4-7)9(23)10(11(14,15)16,12(17,18)19)13(20,21)22/h3-6,9,23H,2H2,1H3. The summed E-state index contributed by atoms with van der Waals surface area (Å²) in [5.74, 6) is 0. The summed E-state index contributed by atoms with van der Waals surface area (Å²) in [6.45, 7) is 1.62. The molecular formula is C13H11F9O. The highest BCUT2D eigenvalue weighted by Gasteiger charge is 2.86. The minimum absolute atomic E-state index is 0.360. The number of hydrogen-bond donors (Lipinski definition) is 1. The molecule has 1 aromatic rings. The average molecular weight is 354 g/mol. The van der Waals surface area contributed by atoms with Gasteiger partial charge in [-0.05, 0) is 17.5 Å². The Morgan fingerprint density at radius 2 is 1.13 bits per heavy atom. The Morgan fingerprint density at radius 3 is 1.39 bits per heavy atom. The van der Waals surface area contributed by atoms with Crippen molar-refractivity contribution in [3.8, 4) is 0 Å². The van der Waals surface area contributed by atoms with Gasteiger partial charge >= 0.3 is 18.5 Å². The molecule has 0 bridgehead atoms. The summed E-state index contributed by atoms with van der Waals surface area (Å²) in [5, 5.41) is 9.44. The molecule has 0 fully saturated rings. The molecule has 0 aliphatic carbocycles. The van der Waals surface area contributed by atoms with Gasteiger partial charge in [-0.1, -0.05) is 31.2 Å². The molecule has 1 nitrogen and oxygen atoms in total. The van der Waals surface area contributed by atoms with Crippen molar-refractivity contribution in [2.75, 3.05) is 0 Å². The van der Waals surface area contributed by atoms with Crippen molar-refractivity contribution < 1.29 is 44.6 Å². The molecule has 1 aromatic carbocycles. The van der Waals surface area contributed by atoms with Crippen LogP contribution in [0.5, 0.6) is 0 Å². The van der Waals surface area contributed by atoms with Gasteiger partial charge in [-0.25, -0.2) is 0 Å². The van der Waals surface area contributed by atoms with E-state index in [4.69, 9.17) is 0 Å². The average Bonchev–Trinajstić information content (AvgIpc) is 2.34. The lowest BCUT2D eigenvalue weighted by atomic mass is 9.76. The Labute approximate surface area is 124 Å². The van der Waals surface area contributed by atoms with Gasteiger partial charge in [-0.3, -0.25) is 0 Å². The van der Waals surface area contributed by atoms with Crippen LogP contribution in [0.25, 0.3) is 0 Å². The Kier molecular flexibility index (Phi) is 5.01. The molecule has 0 saturated heterocycles. The number of halogens is 9. The molecule has 0 aliphatic heterocycles. The van der Waals surface area contributed by atoms with Crippen LogP contribution in [-0.4, -0.2) is 23.6 Å². The first kappa shape index (κ1) is 19.6. The monoisotopic (exact) mass is 354 g/mol. The summed E-state index contributed by atoms with van der Waals surface area (Å²) in [4.78, 5) is 0. The molecule has 1 unspecified atom stereocenters. The van der Waals surface area contributed by atoms with Crippen LogP contribution >= 0.6 is 0 Å². The number of hydrogen-bond acceptors (Lipinski definition) is 1. The second kappa shape index (κ2) is 5.88. The number of aliphatic hydroxyl groups is 1. The van der Waals surface area contributed by atoms with Crippen LogP contribution in [0.1, 0.15) is 24.2 Å². The van der Waals surface area contributed by atoms with Crippen molar-refractivity contribution in [3.05, 3.63) is 35.4 Å². The number of rotatable bonds is 3. The largest absolute Gasteiger partial charge is 0.415 e. The second-order valence-electron chi connectivity index (χ2n) is 4.80. The normalized spacial score (nSPS) is 15.6. The predicted molar refractivity (Wildman–Crippen MR) is 61.4 cm³/mol. The zero-order valence-electron chi connectivity index (χ0n) is 11.4. The molecule has 23 heavy (non-hydrogen) atoms. The minimum Gasteiger partial charge on any atom is -0.387 e. The molecule has 1 rings (SSSR count). The summed E-state index contributed by atoms with van der Waals surface area (Å²) in [6.07, 6.45) is -23.9. The van der Waals surface area contributed by atoms with Gasteiger partial charge < -0.3 is 5.11 Å². The van der Waals surface area contributed by atoms with Gasteiger partial charge in [0.2, 0.25) is 0 Å². The maximum Gasteiger partial charge on any atom is 0.415 e. The molecule has 10 heteroatoms. The number of benzene rings is 1. The fourth-order valence-corrected chi connectivity index (χ4v) is 2.13. The highest BCUT2D eigenvalue weighted by Crippen LogP contribution is 2.64. The van der Waals surface area contributed by atoms with Gasteiger partial charge in [0.1, 0.15) is 6.10 Å².